The highest BCUT2D eigenvalue weighted by Crippen LogP contribution is 2.27. The number of amides is 4. The summed E-state index contributed by atoms with van der Waals surface area (Å²) in [4.78, 5) is 39.1. The molecule has 5 rings (SSSR count). The van der Waals surface area contributed by atoms with Gasteiger partial charge in [0.2, 0.25) is 0 Å². The summed E-state index contributed by atoms with van der Waals surface area (Å²) in [6, 6.07) is 19.6. The van der Waals surface area contributed by atoms with E-state index >= 15 is 0 Å². The number of barbiturate groups is 1. The highest BCUT2D eigenvalue weighted by molar-refractivity contribution is 6.39. The highest BCUT2D eigenvalue weighted by Gasteiger charge is 2.37. The number of anilines is 1. The number of fused-ring (bicyclic) bond motifs is 1. The second kappa shape index (κ2) is 10.1. The van der Waals surface area contributed by atoms with Gasteiger partial charge in [0.05, 0.1) is 12.3 Å². The zero-order chi connectivity index (χ0) is 25.9. The van der Waals surface area contributed by atoms with E-state index in [-0.39, 0.29) is 11.3 Å². The van der Waals surface area contributed by atoms with Crippen LogP contribution < -0.4 is 15.0 Å². The number of urea groups is 1. The number of halogens is 1. The molecule has 0 radical (unpaired) electrons. The second-order valence-corrected chi connectivity index (χ2v) is 8.74. The zero-order valence-electron chi connectivity index (χ0n) is 20.1. The first kappa shape index (κ1) is 24.0. The van der Waals surface area contributed by atoms with Gasteiger partial charge in [-0.15, -0.1) is 0 Å². The van der Waals surface area contributed by atoms with Crippen LogP contribution in [0.3, 0.4) is 0 Å². The molecule has 1 saturated heterocycles. The number of para-hydroxylation sites is 1. The Bertz CT molecular complexity index is 1520. The number of hydrogen-bond acceptors (Lipinski definition) is 4. The van der Waals surface area contributed by atoms with Gasteiger partial charge < -0.3 is 9.30 Å². The lowest BCUT2D eigenvalue weighted by atomic mass is 10.1. The molecule has 8 heteroatoms. The molecule has 37 heavy (non-hydrogen) atoms. The molecule has 2 heterocycles. The van der Waals surface area contributed by atoms with Crippen LogP contribution in [-0.2, 0) is 16.1 Å². The fraction of sp³-hybridized carbons (Fsp3) is 0.138. The van der Waals surface area contributed by atoms with Crippen LogP contribution in [0.25, 0.3) is 17.0 Å². The number of carbonyl (C=O) groups excluding carboxylic acids is 3. The minimum atomic E-state index is -0.880. The van der Waals surface area contributed by atoms with Gasteiger partial charge in [-0.1, -0.05) is 35.9 Å². The van der Waals surface area contributed by atoms with E-state index in [0.717, 1.165) is 40.1 Å². The van der Waals surface area contributed by atoms with E-state index in [1.807, 2.05) is 66.2 Å². The van der Waals surface area contributed by atoms with Crippen molar-refractivity contribution in [1.82, 2.24) is 9.88 Å². The van der Waals surface area contributed by atoms with E-state index in [1.54, 1.807) is 0 Å². The largest absolute Gasteiger partial charge is 0.494 e. The molecule has 0 bridgehead atoms. The van der Waals surface area contributed by atoms with Crippen molar-refractivity contribution in [3.63, 3.8) is 0 Å². The van der Waals surface area contributed by atoms with Gasteiger partial charge in [0, 0.05) is 29.2 Å². The van der Waals surface area contributed by atoms with Gasteiger partial charge in [-0.2, -0.15) is 0 Å². The predicted molar refractivity (Wildman–Crippen MR) is 139 cm³/mol. The molecular weight excluding hydrogens is 473 g/mol. The van der Waals surface area contributed by atoms with Gasteiger partial charge in [-0.05, 0) is 61.9 Å². The summed E-state index contributed by atoms with van der Waals surface area (Å²) >= 11 is 0. The molecule has 3 aromatic carbocycles. The molecule has 0 aliphatic carbocycles. The third kappa shape index (κ3) is 4.99. The van der Waals surface area contributed by atoms with Crippen molar-refractivity contribution < 1.29 is 23.5 Å². The normalized spacial score (nSPS) is 14.9. The first-order chi connectivity index (χ1) is 17.9. The molecule has 4 aromatic rings. The van der Waals surface area contributed by atoms with Crippen molar-refractivity contribution in [2.75, 3.05) is 11.5 Å². The number of nitrogens with zero attached hydrogens (tertiary/aromatic N) is 2. The summed E-state index contributed by atoms with van der Waals surface area (Å²) in [5, 5.41) is 3.06. The summed E-state index contributed by atoms with van der Waals surface area (Å²) in [5.74, 6) is -1.24. The van der Waals surface area contributed by atoms with Crippen LogP contribution in [-0.4, -0.2) is 29.0 Å². The first-order valence-electron chi connectivity index (χ1n) is 11.8. The number of rotatable bonds is 7. The smallest absolute Gasteiger partial charge is 0.335 e. The van der Waals surface area contributed by atoms with Crippen LogP contribution in [0.1, 0.15) is 17.5 Å². The molecule has 1 N–H and O–H groups in total. The van der Waals surface area contributed by atoms with E-state index in [2.05, 4.69) is 5.32 Å². The van der Waals surface area contributed by atoms with Crippen LogP contribution in [0.15, 0.2) is 84.6 Å². The Morgan fingerprint density at radius 3 is 2.43 bits per heavy atom. The van der Waals surface area contributed by atoms with E-state index in [0.29, 0.717) is 18.7 Å². The summed E-state index contributed by atoms with van der Waals surface area (Å²) in [7, 11) is 0. The Hall–Kier alpha value is -4.72. The number of aromatic nitrogens is 1. The van der Waals surface area contributed by atoms with E-state index in [4.69, 9.17) is 4.74 Å². The molecule has 1 aromatic heterocycles. The highest BCUT2D eigenvalue weighted by atomic mass is 19.1. The Kier molecular flexibility index (Phi) is 6.55. The molecule has 186 valence electrons. The van der Waals surface area contributed by atoms with Crippen LogP contribution in [0.5, 0.6) is 5.75 Å². The quantitative estimate of drug-likeness (QED) is 0.216. The maximum absolute atomic E-state index is 13.4. The minimum absolute atomic E-state index is 0.165. The fourth-order valence-corrected chi connectivity index (χ4v) is 4.27. The van der Waals surface area contributed by atoms with Crippen molar-refractivity contribution in [1.29, 1.82) is 0 Å². The Morgan fingerprint density at radius 1 is 0.946 bits per heavy atom. The molecule has 0 saturated carbocycles. The van der Waals surface area contributed by atoms with Crippen molar-refractivity contribution >= 4 is 40.5 Å². The van der Waals surface area contributed by atoms with E-state index < -0.39 is 23.7 Å². The summed E-state index contributed by atoms with van der Waals surface area (Å²) in [5.41, 5.74) is 2.76. The van der Waals surface area contributed by atoms with Gasteiger partial charge in [-0.3, -0.25) is 14.9 Å². The van der Waals surface area contributed by atoms with E-state index in [9.17, 15) is 18.8 Å². The molecule has 1 aliphatic rings. The van der Waals surface area contributed by atoms with Crippen LogP contribution >= 0.6 is 0 Å². The maximum Gasteiger partial charge on any atom is 0.335 e. The monoisotopic (exact) mass is 497 g/mol. The van der Waals surface area contributed by atoms with E-state index in [1.165, 1.54) is 23.8 Å². The van der Waals surface area contributed by atoms with Crippen LogP contribution in [0.4, 0.5) is 14.9 Å². The average Bonchev–Trinajstić information content (AvgIpc) is 3.24. The first-order valence-corrected chi connectivity index (χ1v) is 11.8. The molecule has 7 nitrogen and oxygen atoms in total. The minimum Gasteiger partial charge on any atom is -0.494 e. The maximum atomic E-state index is 13.4. The predicted octanol–water partition coefficient (Wildman–Crippen LogP) is 5.22. The Morgan fingerprint density at radius 2 is 1.68 bits per heavy atom. The van der Waals surface area contributed by atoms with Gasteiger partial charge in [0.25, 0.3) is 11.8 Å². The van der Waals surface area contributed by atoms with Gasteiger partial charge in [-0.25, -0.2) is 14.1 Å². The van der Waals surface area contributed by atoms with Gasteiger partial charge in [0.15, 0.2) is 0 Å². The number of imide groups is 2. The molecule has 0 atom stereocenters. The topological polar surface area (TPSA) is 80.6 Å². The number of benzene rings is 3. The van der Waals surface area contributed by atoms with Crippen LogP contribution in [0.2, 0.25) is 0 Å². The van der Waals surface area contributed by atoms with Gasteiger partial charge >= 0.3 is 6.03 Å². The lowest BCUT2D eigenvalue weighted by molar-refractivity contribution is -0.122. The molecule has 1 aliphatic heterocycles. The SMILES string of the molecule is Cc1ccc(OCCCn2cc(C=C3C(=O)NC(=O)N(c4ccc(F)cc4)C3=O)c3ccccc32)cc1. The van der Waals surface area contributed by atoms with Crippen LogP contribution in [0, 0.1) is 12.7 Å². The lowest BCUT2D eigenvalue weighted by Crippen LogP contribution is -2.54. The lowest BCUT2D eigenvalue weighted by Gasteiger charge is -2.26. The third-order valence-electron chi connectivity index (χ3n) is 6.14. The van der Waals surface area contributed by atoms with Crippen molar-refractivity contribution in [3.8, 4) is 5.75 Å². The fourth-order valence-electron chi connectivity index (χ4n) is 4.27. The third-order valence-corrected chi connectivity index (χ3v) is 6.14. The number of carbonyl (C=O) groups is 3. The molecule has 4 amide bonds. The zero-order valence-corrected chi connectivity index (χ0v) is 20.1. The van der Waals surface area contributed by atoms with Crippen molar-refractivity contribution in [3.05, 3.63) is 102 Å². The molecule has 0 spiro atoms. The molecule has 1 fully saturated rings. The molecule has 0 unspecified atom stereocenters. The second-order valence-electron chi connectivity index (χ2n) is 8.74. The average molecular weight is 498 g/mol. The van der Waals surface area contributed by atoms with Crippen molar-refractivity contribution in [2.24, 2.45) is 0 Å². The number of ether oxygens (including phenoxy) is 1. The van der Waals surface area contributed by atoms with Gasteiger partial charge in [0.1, 0.15) is 17.1 Å². The summed E-state index contributed by atoms with van der Waals surface area (Å²) in [6.45, 7) is 3.22. The molecular formula is C29H24FN3O4. The van der Waals surface area contributed by atoms with Crippen molar-refractivity contribution in [2.45, 2.75) is 19.9 Å². The Labute approximate surface area is 212 Å². The number of hydrogen-bond donors (Lipinski definition) is 1. The summed E-state index contributed by atoms with van der Waals surface area (Å²) < 4.78 is 21.2. The number of aryl methyl sites for hydroxylation is 2. The summed E-state index contributed by atoms with van der Waals surface area (Å²) in [6.07, 6.45) is 4.11. The number of nitrogens with one attached hydrogen (secondary N) is 1. The Balaban J connectivity index is 1.39. The standard InChI is InChI=1S/C29H24FN3O4/c1-19-7-13-23(14-8-19)37-16-4-15-32-18-20(24-5-2-3-6-26(24)32)17-25-27(34)31-29(36)33(28(25)35)22-11-9-21(30)10-12-22/h2-3,5-14,17-18H,4,15-16H2,1H3,(H,31,34,36).